The van der Waals surface area contributed by atoms with E-state index in [0.29, 0.717) is 32.5 Å². The number of aryl methyl sites for hydroxylation is 1. The van der Waals surface area contributed by atoms with Crippen molar-refractivity contribution in [1.29, 1.82) is 0 Å². The van der Waals surface area contributed by atoms with Gasteiger partial charge in [0.2, 0.25) is 0 Å². The minimum atomic E-state index is -0.641. The maximum Gasteiger partial charge on any atom is 0.313 e. The minimum Gasteiger partial charge on any atom is -0.466 e. The summed E-state index contributed by atoms with van der Waals surface area (Å²) in [4.78, 5) is 25.5. The van der Waals surface area contributed by atoms with Crippen LogP contribution in [0.15, 0.2) is 41.8 Å². The summed E-state index contributed by atoms with van der Waals surface area (Å²) >= 11 is 0. The lowest BCUT2D eigenvalue weighted by Gasteiger charge is -2.41. The van der Waals surface area contributed by atoms with Crippen molar-refractivity contribution in [3.63, 3.8) is 0 Å². The first-order valence-corrected chi connectivity index (χ1v) is 10.8. The molecule has 0 amide bonds. The first-order chi connectivity index (χ1) is 15.0. The zero-order chi connectivity index (χ0) is 21.8. The molecule has 2 aliphatic rings. The number of imidazole rings is 1. The van der Waals surface area contributed by atoms with Gasteiger partial charge in [-0.3, -0.25) is 9.69 Å². The number of carbonyl (C=O) groups excluding carboxylic acids is 1. The fourth-order valence-electron chi connectivity index (χ4n) is 4.60. The Morgan fingerprint density at radius 2 is 2.16 bits per heavy atom. The summed E-state index contributed by atoms with van der Waals surface area (Å²) in [6.07, 6.45) is 6.30. The topological polar surface area (TPSA) is 69.0 Å². The molecule has 0 aliphatic carbocycles. The van der Waals surface area contributed by atoms with Gasteiger partial charge in [0.1, 0.15) is 17.7 Å². The number of aromatic nitrogens is 2. The second kappa shape index (κ2) is 9.18. The van der Waals surface area contributed by atoms with Crippen LogP contribution in [0.1, 0.15) is 44.0 Å². The highest BCUT2D eigenvalue weighted by molar-refractivity contribution is 6.01. The Morgan fingerprint density at radius 1 is 1.35 bits per heavy atom. The fourth-order valence-corrected chi connectivity index (χ4v) is 4.60. The average molecular weight is 429 g/mol. The van der Waals surface area contributed by atoms with E-state index < -0.39 is 5.41 Å². The molecule has 0 saturated carbocycles. The molecule has 2 atom stereocenters. The van der Waals surface area contributed by atoms with Crippen molar-refractivity contribution in [2.24, 2.45) is 17.6 Å². The second-order valence-electron chi connectivity index (χ2n) is 8.45. The van der Waals surface area contributed by atoms with Crippen LogP contribution in [0.25, 0.3) is 0 Å². The van der Waals surface area contributed by atoms with Crippen LogP contribution in [0.3, 0.4) is 0 Å². The predicted molar refractivity (Wildman–Crippen MR) is 114 cm³/mol. The number of benzene rings is 1. The Labute approximate surface area is 181 Å². The number of hydrogen-bond acceptors (Lipinski definition) is 6. The molecule has 166 valence electrons. The molecule has 0 spiro atoms. The largest absolute Gasteiger partial charge is 0.466 e. The number of oxime groups is 1. The van der Waals surface area contributed by atoms with Gasteiger partial charge in [-0.2, -0.15) is 0 Å². The Bertz CT molecular complexity index is 943. The quantitative estimate of drug-likeness (QED) is 0.633. The van der Waals surface area contributed by atoms with E-state index in [9.17, 15) is 9.18 Å². The lowest BCUT2D eigenvalue weighted by atomic mass is 9.74. The lowest BCUT2D eigenvalue weighted by molar-refractivity contribution is -0.162. The molecule has 1 aromatic carbocycles. The minimum absolute atomic E-state index is 0.168. The lowest BCUT2D eigenvalue weighted by Crippen LogP contribution is -2.50. The van der Waals surface area contributed by atoms with Crippen molar-refractivity contribution >= 4 is 11.7 Å². The van der Waals surface area contributed by atoms with Gasteiger partial charge in [0.15, 0.2) is 0 Å². The monoisotopic (exact) mass is 428 g/mol. The van der Waals surface area contributed by atoms with Crippen molar-refractivity contribution in [2.45, 2.75) is 45.3 Å². The van der Waals surface area contributed by atoms with E-state index in [0.717, 1.165) is 36.5 Å². The van der Waals surface area contributed by atoms with Crippen molar-refractivity contribution in [1.82, 2.24) is 14.5 Å². The fraction of sp³-hybridized carbons (Fsp3) is 0.522. The van der Waals surface area contributed by atoms with Crippen LogP contribution in [-0.4, -0.2) is 51.9 Å². The van der Waals surface area contributed by atoms with E-state index >= 15 is 0 Å². The average Bonchev–Trinajstić information content (AvgIpc) is 3.38. The first-order valence-electron chi connectivity index (χ1n) is 10.8. The van der Waals surface area contributed by atoms with E-state index in [-0.39, 0.29) is 17.9 Å². The van der Waals surface area contributed by atoms with Gasteiger partial charge < -0.3 is 14.1 Å². The van der Waals surface area contributed by atoms with Crippen LogP contribution < -0.4 is 0 Å². The van der Waals surface area contributed by atoms with Crippen LogP contribution in [0.5, 0.6) is 0 Å². The third-order valence-electron chi connectivity index (χ3n) is 6.18. The zero-order valence-electron chi connectivity index (χ0n) is 18.1. The molecular formula is C23H29FN4O3. The molecule has 4 rings (SSSR count). The molecule has 8 heteroatoms. The Balaban J connectivity index is 1.47. The summed E-state index contributed by atoms with van der Waals surface area (Å²) in [7, 11) is 1.98. The molecule has 0 radical (unpaired) electrons. The van der Waals surface area contributed by atoms with E-state index in [1.807, 2.05) is 24.7 Å². The van der Waals surface area contributed by atoms with Crippen LogP contribution in [0.4, 0.5) is 4.39 Å². The molecule has 3 heterocycles. The number of carbonyl (C=O) groups is 1. The second-order valence-corrected chi connectivity index (χ2v) is 8.45. The SMILES string of the molecule is CCOC(=O)[C@@]1(C[C@H]2CC(c3ccc(F)cc3)=NO2)CCCN(Cc2nccn2C)C1. The predicted octanol–water partition coefficient (Wildman–Crippen LogP) is 3.29. The van der Waals surface area contributed by atoms with Gasteiger partial charge in [-0.25, -0.2) is 9.37 Å². The van der Waals surface area contributed by atoms with E-state index in [1.54, 1.807) is 18.3 Å². The molecule has 0 unspecified atom stereocenters. The van der Waals surface area contributed by atoms with Crippen molar-refractivity contribution in [3.05, 3.63) is 53.9 Å². The van der Waals surface area contributed by atoms with E-state index in [4.69, 9.17) is 9.57 Å². The van der Waals surface area contributed by atoms with Gasteiger partial charge in [0.25, 0.3) is 0 Å². The molecule has 0 bridgehead atoms. The molecule has 2 aliphatic heterocycles. The van der Waals surface area contributed by atoms with Crippen molar-refractivity contribution in [3.8, 4) is 0 Å². The molecule has 31 heavy (non-hydrogen) atoms. The number of likely N-dealkylation sites (tertiary alicyclic amines) is 1. The normalized spacial score (nSPS) is 24.0. The smallest absolute Gasteiger partial charge is 0.313 e. The Morgan fingerprint density at radius 3 is 2.87 bits per heavy atom. The van der Waals surface area contributed by atoms with Gasteiger partial charge in [0, 0.05) is 38.8 Å². The number of hydrogen-bond donors (Lipinski definition) is 0. The highest BCUT2D eigenvalue weighted by atomic mass is 19.1. The molecule has 2 aromatic rings. The Hall–Kier alpha value is -2.74. The highest BCUT2D eigenvalue weighted by Crippen LogP contribution is 2.39. The highest BCUT2D eigenvalue weighted by Gasteiger charge is 2.46. The number of esters is 1. The molecule has 1 aromatic heterocycles. The standard InChI is InChI=1S/C23H29FN4O3/c1-3-30-22(29)23(9-4-11-28(16-23)15-21-25-10-12-27(21)2)14-19-13-20(26-31-19)17-5-7-18(24)8-6-17/h5-8,10,12,19H,3-4,9,11,13-16H2,1-2H3/t19-,23-/m1/s1. The zero-order valence-corrected chi connectivity index (χ0v) is 18.1. The summed E-state index contributed by atoms with van der Waals surface area (Å²) in [5.41, 5.74) is 0.983. The number of nitrogens with zero attached hydrogens (tertiary/aromatic N) is 4. The molecule has 0 N–H and O–H groups in total. The first kappa shape index (κ1) is 21.5. The summed E-state index contributed by atoms with van der Waals surface area (Å²) in [6.45, 7) is 4.39. The van der Waals surface area contributed by atoms with E-state index in [1.165, 1.54) is 12.1 Å². The maximum absolute atomic E-state index is 13.2. The van der Waals surface area contributed by atoms with Crippen LogP contribution >= 0.6 is 0 Å². The van der Waals surface area contributed by atoms with Gasteiger partial charge in [0.05, 0.1) is 24.3 Å². The number of halogens is 1. The van der Waals surface area contributed by atoms with Crippen LogP contribution in [0, 0.1) is 11.2 Å². The number of rotatable bonds is 7. The third kappa shape index (κ3) is 4.79. The summed E-state index contributed by atoms with van der Waals surface area (Å²) < 4.78 is 20.7. The van der Waals surface area contributed by atoms with E-state index in [2.05, 4.69) is 15.0 Å². The summed E-state index contributed by atoms with van der Waals surface area (Å²) in [5.74, 6) is 0.521. The van der Waals surface area contributed by atoms with Crippen LogP contribution in [-0.2, 0) is 28.0 Å². The van der Waals surface area contributed by atoms with Gasteiger partial charge in [-0.1, -0.05) is 17.3 Å². The molecular weight excluding hydrogens is 399 g/mol. The maximum atomic E-state index is 13.2. The van der Waals surface area contributed by atoms with Crippen LogP contribution in [0.2, 0.25) is 0 Å². The molecule has 1 saturated heterocycles. The van der Waals surface area contributed by atoms with Crippen molar-refractivity contribution in [2.75, 3.05) is 19.7 Å². The molecule has 1 fully saturated rings. The summed E-state index contributed by atoms with van der Waals surface area (Å²) in [6, 6.07) is 6.25. The number of ether oxygens (including phenoxy) is 1. The third-order valence-corrected chi connectivity index (χ3v) is 6.18. The van der Waals surface area contributed by atoms with Gasteiger partial charge in [-0.05, 0) is 44.0 Å². The number of piperidine rings is 1. The summed E-state index contributed by atoms with van der Waals surface area (Å²) in [5, 5.41) is 4.23. The van der Waals surface area contributed by atoms with Gasteiger partial charge >= 0.3 is 5.97 Å². The van der Waals surface area contributed by atoms with Crippen molar-refractivity contribution < 1.29 is 18.8 Å². The Kier molecular flexibility index (Phi) is 6.36. The molecule has 7 nitrogen and oxygen atoms in total. The van der Waals surface area contributed by atoms with Gasteiger partial charge in [-0.15, -0.1) is 0 Å².